The maximum Gasteiger partial charge on any atom is 0.277 e. The van der Waals surface area contributed by atoms with Crippen LogP contribution in [0.15, 0.2) is 40.0 Å². The number of carbonyl (C=O) groups is 3. The van der Waals surface area contributed by atoms with Crippen LogP contribution in [0.5, 0.6) is 0 Å². The van der Waals surface area contributed by atoms with E-state index in [-0.39, 0.29) is 52.6 Å². The lowest BCUT2D eigenvalue weighted by Gasteiger charge is -2.27. The number of hydrogen-bond acceptors (Lipinski definition) is 9. The maximum atomic E-state index is 13.5. The van der Waals surface area contributed by atoms with Crippen LogP contribution < -0.4 is 10.6 Å². The largest absolute Gasteiger partial charge is 0.481 e. The summed E-state index contributed by atoms with van der Waals surface area (Å²) in [7, 11) is 1.52. The van der Waals surface area contributed by atoms with Gasteiger partial charge >= 0.3 is 0 Å². The van der Waals surface area contributed by atoms with Crippen molar-refractivity contribution in [1.29, 1.82) is 0 Å². The molecule has 5 rings (SSSR count). The molecular weight excluding hydrogens is 584 g/mol. The van der Waals surface area contributed by atoms with E-state index in [1.165, 1.54) is 24.9 Å². The Hall–Kier alpha value is -3.31. The zero-order chi connectivity index (χ0) is 33.3. The van der Waals surface area contributed by atoms with Gasteiger partial charge < -0.3 is 20.1 Å². The van der Waals surface area contributed by atoms with Crippen molar-refractivity contribution in [2.75, 3.05) is 46.5 Å². The Morgan fingerprint density at radius 3 is 2.09 bits per heavy atom. The van der Waals surface area contributed by atoms with E-state index in [9.17, 15) is 14.4 Å². The number of benzene rings is 1. The van der Waals surface area contributed by atoms with Gasteiger partial charge in [0.25, 0.3) is 17.7 Å². The summed E-state index contributed by atoms with van der Waals surface area (Å²) in [6.45, 7) is 12.2. The molecule has 11 heteroatoms. The minimum atomic E-state index is -0.379. The first-order chi connectivity index (χ1) is 22.5. The molecule has 3 fully saturated rings. The van der Waals surface area contributed by atoms with E-state index >= 15 is 0 Å². The van der Waals surface area contributed by atoms with Crippen LogP contribution >= 0.6 is 0 Å². The first kappa shape index (κ1) is 37.2. The van der Waals surface area contributed by atoms with Crippen LogP contribution in [0.2, 0.25) is 0 Å². The van der Waals surface area contributed by atoms with Gasteiger partial charge in [-0.05, 0) is 44.2 Å². The highest BCUT2D eigenvalue weighted by molar-refractivity contribution is 6.23. The minimum absolute atomic E-state index is 0.0467. The van der Waals surface area contributed by atoms with Crippen LogP contribution in [0.4, 0.5) is 5.69 Å². The van der Waals surface area contributed by atoms with Gasteiger partial charge in [-0.1, -0.05) is 72.3 Å². The molecule has 4 aliphatic rings. The van der Waals surface area contributed by atoms with Crippen LogP contribution in [0.3, 0.4) is 0 Å². The number of imide groups is 1. The quantitative estimate of drug-likeness (QED) is 0.125. The first-order valence-electron chi connectivity index (χ1n) is 17.6. The number of ether oxygens (including phenoxy) is 2. The van der Waals surface area contributed by atoms with Crippen molar-refractivity contribution < 1.29 is 23.9 Å². The molecule has 11 nitrogen and oxygen atoms in total. The topological polar surface area (TPSA) is 125 Å². The van der Waals surface area contributed by atoms with E-state index in [1.54, 1.807) is 18.2 Å². The highest BCUT2D eigenvalue weighted by Gasteiger charge is 2.37. The lowest BCUT2D eigenvalue weighted by atomic mass is 9.95. The maximum absolute atomic E-state index is 13.5. The molecule has 0 radical (unpaired) electrons. The van der Waals surface area contributed by atoms with Gasteiger partial charge in [-0.15, -0.1) is 10.2 Å². The summed E-state index contributed by atoms with van der Waals surface area (Å²) in [5, 5.41) is 15.3. The Labute approximate surface area is 275 Å². The minimum Gasteiger partial charge on any atom is -0.481 e. The summed E-state index contributed by atoms with van der Waals surface area (Å²) in [6, 6.07) is 5.26. The fourth-order valence-electron chi connectivity index (χ4n) is 6.33. The number of morpholine rings is 1. The van der Waals surface area contributed by atoms with Crippen molar-refractivity contribution in [2.24, 2.45) is 10.2 Å². The highest BCUT2D eigenvalue weighted by atomic mass is 16.5. The first-order valence-corrected chi connectivity index (χ1v) is 17.6. The monoisotopic (exact) mass is 640 g/mol. The van der Waals surface area contributed by atoms with Crippen LogP contribution in [0, 0.1) is 0 Å². The second kappa shape index (κ2) is 20.0. The molecule has 46 heavy (non-hydrogen) atoms. The average Bonchev–Trinajstić information content (AvgIpc) is 3.36. The fourth-order valence-corrected chi connectivity index (χ4v) is 6.33. The lowest BCUT2D eigenvalue weighted by Crippen LogP contribution is -2.39. The Balaban J connectivity index is 0.00000139. The average molecular weight is 641 g/mol. The number of nitrogens with one attached hydrogen (secondary N) is 2. The number of rotatable bonds is 11. The number of fused-ring (bicyclic) bond motifs is 1. The number of methoxy groups -OCH3 is 1. The second-order valence-electron chi connectivity index (χ2n) is 11.6. The molecule has 1 aromatic rings. The SMILES string of the molecule is CC.CC.CO/C(NC1CCCCC1)=C(\N=Nc1cccc2c1C(=O)N(CCCN1CCOCC1)C2=O)C(=O)NC1CCCCC1. The van der Waals surface area contributed by atoms with Gasteiger partial charge in [0.2, 0.25) is 11.6 Å². The number of amides is 3. The van der Waals surface area contributed by atoms with E-state index in [2.05, 4.69) is 25.8 Å². The van der Waals surface area contributed by atoms with Crippen molar-refractivity contribution in [3.63, 3.8) is 0 Å². The van der Waals surface area contributed by atoms with Crippen molar-refractivity contribution >= 4 is 23.4 Å². The van der Waals surface area contributed by atoms with Crippen molar-refractivity contribution in [2.45, 2.75) is 110 Å². The summed E-state index contributed by atoms with van der Waals surface area (Å²) in [5.41, 5.74) is 0.846. The summed E-state index contributed by atoms with van der Waals surface area (Å²) in [6.07, 6.45) is 11.3. The number of azo groups is 1. The molecule has 2 aliphatic carbocycles. The zero-order valence-corrected chi connectivity index (χ0v) is 28.7. The Kier molecular flexibility index (Phi) is 16.2. The molecule has 2 N–H and O–H groups in total. The van der Waals surface area contributed by atoms with Gasteiger partial charge in [0.15, 0.2) is 0 Å². The Morgan fingerprint density at radius 2 is 1.48 bits per heavy atom. The van der Waals surface area contributed by atoms with E-state index in [4.69, 9.17) is 9.47 Å². The molecule has 2 heterocycles. The van der Waals surface area contributed by atoms with E-state index in [0.717, 1.165) is 71.0 Å². The predicted octanol–water partition coefficient (Wildman–Crippen LogP) is 6.33. The molecule has 1 aromatic carbocycles. The molecule has 0 unspecified atom stereocenters. The van der Waals surface area contributed by atoms with Crippen LogP contribution in [-0.2, 0) is 14.3 Å². The number of hydrogen-bond donors (Lipinski definition) is 2. The van der Waals surface area contributed by atoms with Crippen LogP contribution in [0.1, 0.15) is 119 Å². The Morgan fingerprint density at radius 1 is 0.870 bits per heavy atom. The third-order valence-electron chi connectivity index (χ3n) is 8.71. The van der Waals surface area contributed by atoms with Crippen molar-refractivity contribution in [1.82, 2.24) is 20.4 Å². The van der Waals surface area contributed by atoms with Gasteiger partial charge in [-0.3, -0.25) is 24.2 Å². The second-order valence-corrected chi connectivity index (χ2v) is 11.6. The zero-order valence-electron chi connectivity index (χ0n) is 28.7. The third-order valence-corrected chi connectivity index (χ3v) is 8.71. The van der Waals surface area contributed by atoms with Gasteiger partial charge in [-0.2, -0.15) is 0 Å². The molecular formula is C35H56N6O5. The molecule has 0 bridgehead atoms. The number of carbonyl (C=O) groups excluding carboxylic acids is 3. The third kappa shape index (κ3) is 10.1. The lowest BCUT2D eigenvalue weighted by molar-refractivity contribution is -0.118. The fraction of sp³-hybridized carbons (Fsp3) is 0.686. The van der Waals surface area contributed by atoms with Gasteiger partial charge in [0, 0.05) is 38.3 Å². The van der Waals surface area contributed by atoms with E-state index in [0.29, 0.717) is 31.7 Å². The predicted molar refractivity (Wildman–Crippen MR) is 180 cm³/mol. The normalized spacial score (nSPS) is 19.8. The molecule has 1 saturated heterocycles. The van der Waals surface area contributed by atoms with Crippen LogP contribution in [0.25, 0.3) is 0 Å². The molecule has 0 aromatic heterocycles. The van der Waals surface area contributed by atoms with Gasteiger partial charge in [-0.25, -0.2) is 0 Å². The Bertz CT molecular complexity index is 1180. The van der Waals surface area contributed by atoms with Crippen molar-refractivity contribution in [3.8, 4) is 0 Å². The summed E-state index contributed by atoms with van der Waals surface area (Å²) >= 11 is 0. The summed E-state index contributed by atoms with van der Waals surface area (Å²) in [4.78, 5) is 43.7. The molecule has 3 amide bonds. The number of nitrogens with zero attached hydrogens (tertiary/aromatic N) is 4. The smallest absolute Gasteiger partial charge is 0.277 e. The molecule has 256 valence electrons. The highest BCUT2D eigenvalue weighted by Crippen LogP contribution is 2.32. The summed E-state index contributed by atoms with van der Waals surface area (Å²) < 4.78 is 11.1. The van der Waals surface area contributed by atoms with E-state index in [1.807, 2.05) is 27.7 Å². The van der Waals surface area contributed by atoms with Gasteiger partial charge in [0.05, 0.1) is 37.1 Å². The van der Waals surface area contributed by atoms with Crippen LogP contribution in [-0.4, -0.2) is 86.1 Å². The summed E-state index contributed by atoms with van der Waals surface area (Å²) in [5.74, 6) is -0.781. The molecule has 2 aliphatic heterocycles. The molecule has 0 spiro atoms. The van der Waals surface area contributed by atoms with Crippen molar-refractivity contribution in [3.05, 3.63) is 40.9 Å². The standard InChI is InChI=1S/C31H44N6O5.2C2H6/c1-41-29(33-23-12-6-3-7-13-23)27(28(38)32-22-10-4-2-5-11-22)35-34-25-15-8-14-24-26(25)31(40)37(30(24)39)17-9-16-36-18-20-42-21-19-36;2*1-2/h8,14-15,22-23,33H,2-7,9-13,16-21H2,1H3,(H,32,38);2*1-2H3/b29-27-,35-34?;;. The molecule has 2 saturated carbocycles. The molecule has 0 atom stereocenters. The van der Waals surface area contributed by atoms with E-state index < -0.39 is 0 Å². The van der Waals surface area contributed by atoms with Gasteiger partial charge in [0.1, 0.15) is 0 Å².